The number of carbonyl (C=O) groups excluding carboxylic acids is 1. The molecule has 1 nitrogen and oxygen atoms in total. The fourth-order valence-electron chi connectivity index (χ4n) is 1.34. The monoisotopic (exact) mass is 302 g/mol. The molecule has 0 heterocycles. The van der Waals surface area contributed by atoms with Crippen molar-refractivity contribution in [1.29, 1.82) is 0 Å². The summed E-state index contributed by atoms with van der Waals surface area (Å²) < 4.78 is 74.4. The SMILES string of the molecule is CCC(=O)c1ccc(C(F)(F)F)c(SC(F)(F)F)c1. The Bertz CT molecular complexity index is 477. The Labute approximate surface area is 109 Å². The van der Waals surface area contributed by atoms with E-state index in [-0.39, 0.29) is 12.0 Å². The molecule has 8 heteroatoms. The number of hydrogen-bond donors (Lipinski definition) is 0. The zero-order valence-electron chi connectivity index (χ0n) is 9.52. The summed E-state index contributed by atoms with van der Waals surface area (Å²) in [4.78, 5) is 10.3. The maximum absolute atomic E-state index is 12.6. The summed E-state index contributed by atoms with van der Waals surface area (Å²) in [6.45, 7) is 1.47. The number of alkyl halides is 6. The highest BCUT2D eigenvalue weighted by Gasteiger charge is 2.38. The van der Waals surface area contributed by atoms with Crippen LogP contribution >= 0.6 is 11.8 Å². The third kappa shape index (κ3) is 4.45. The summed E-state index contributed by atoms with van der Waals surface area (Å²) in [5, 5.41) is 0. The zero-order chi connectivity index (χ0) is 14.8. The first-order chi connectivity index (χ1) is 8.54. The van der Waals surface area contributed by atoms with E-state index in [4.69, 9.17) is 0 Å². The van der Waals surface area contributed by atoms with Crippen LogP contribution in [0.5, 0.6) is 0 Å². The van der Waals surface area contributed by atoms with Crippen LogP contribution in [0.2, 0.25) is 0 Å². The van der Waals surface area contributed by atoms with Gasteiger partial charge >= 0.3 is 11.7 Å². The molecular formula is C11H8F6OS. The second-order valence-electron chi connectivity index (χ2n) is 3.53. The second-order valence-corrected chi connectivity index (χ2v) is 4.64. The first-order valence-corrected chi connectivity index (χ1v) is 5.86. The van der Waals surface area contributed by atoms with Crippen molar-refractivity contribution >= 4 is 17.5 Å². The van der Waals surface area contributed by atoms with Gasteiger partial charge in [-0.05, 0) is 23.9 Å². The first kappa shape index (κ1) is 15.9. The molecule has 0 unspecified atom stereocenters. The number of benzene rings is 1. The lowest BCUT2D eigenvalue weighted by Crippen LogP contribution is -2.11. The van der Waals surface area contributed by atoms with Crippen molar-refractivity contribution in [2.24, 2.45) is 0 Å². The van der Waals surface area contributed by atoms with Gasteiger partial charge < -0.3 is 0 Å². The minimum absolute atomic E-state index is 0.00148. The van der Waals surface area contributed by atoms with E-state index in [1.807, 2.05) is 0 Å². The quantitative estimate of drug-likeness (QED) is 0.448. The number of ketones is 1. The lowest BCUT2D eigenvalue weighted by Gasteiger charge is -2.14. The largest absolute Gasteiger partial charge is 0.446 e. The molecule has 0 aromatic heterocycles. The molecule has 0 amide bonds. The molecule has 0 bridgehead atoms. The van der Waals surface area contributed by atoms with Gasteiger partial charge in [0.15, 0.2) is 5.78 Å². The van der Waals surface area contributed by atoms with Crippen molar-refractivity contribution in [2.75, 3.05) is 0 Å². The van der Waals surface area contributed by atoms with Crippen molar-refractivity contribution in [1.82, 2.24) is 0 Å². The minimum Gasteiger partial charge on any atom is -0.294 e. The Kier molecular flexibility index (Phi) is 4.54. The zero-order valence-corrected chi connectivity index (χ0v) is 10.3. The molecule has 0 fully saturated rings. The van der Waals surface area contributed by atoms with Crippen LogP contribution in [0, 0.1) is 0 Å². The van der Waals surface area contributed by atoms with E-state index in [2.05, 4.69) is 0 Å². The first-order valence-electron chi connectivity index (χ1n) is 5.04. The van der Waals surface area contributed by atoms with Crippen LogP contribution in [-0.4, -0.2) is 11.3 Å². The smallest absolute Gasteiger partial charge is 0.294 e. The van der Waals surface area contributed by atoms with Crippen molar-refractivity contribution in [3.8, 4) is 0 Å². The standard InChI is InChI=1S/C11H8F6OS/c1-2-8(18)6-3-4-7(10(12,13)14)9(5-6)19-11(15,16)17/h3-5H,2H2,1H3. The van der Waals surface area contributed by atoms with E-state index in [0.717, 1.165) is 6.07 Å². The Morgan fingerprint density at radius 3 is 2.16 bits per heavy atom. The van der Waals surface area contributed by atoms with E-state index in [9.17, 15) is 31.1 Å². The number of rotatable bonds is 3. The summed E-state index contributed by atoms with van der Waals surface area (Å²) >= 11 is -0.876. The van der Waals surface area contributed by atoms with Gasteiger partial charge in [0.25, 0.3) is 0 Å². The molecule has 0 radical (unpaired) electrons. The van der Waals surface area contributed by atoms with E-state index in [0.29, 0.717) is 12.1 Å². The second kappa shape index (κ2) is 5.44. The lowest BCUT2D eigenvalue weighted by molar-refractivity contribution is -0.139. The molecule has 1 aromatic carbocycles. The van der Waals surface area contributed by atoms with Crippen LogP contribution < -0.4 is 0 Å². The van der Waals surface area contributed by atoms with Crippen LogP contribution in [0.4, 0.5) is 26.3 Å². The molecule has 0 saturated carbocycles. The minimum atomic E-state index is -4.90. The highest BCUT2D eigenvalue weighted by Crippen LogP contribution is 2.44. The van der Waals surface area contributed by atoms with Crippen molar-refractivity contribution in [3.63, 3.8) is 0 Å². The van der Waals surface area contributed by atoms with E-state index in [1.165, 1.54) is 6.92 Å². The van der Waals surface area contributed by atoms with E-state index < -0.39 is 39.7 Å². The molecule has 106 valence electrons. The van der Waals surface area contributed by atoms with Crippen LogP contribution in [-0.2, 0) is 6.18 Å². The molecule has 0 atom stereocenters. The summed E-state index contributed by atoms with van der Waals surface area (Å²) in [6, 6.07) is 2.01. The predicted octanol–water partition coefficient (Wildman–Crippen LogP) is 4.91. The van der Waals surface area contributed by atoms with Crippen LogP contribution in [0.1, 0.15) is 29.3 Å². The highest BCUT2D eigenvalue weighted by molar-refractivity contribution is 8.00. The molecule has 0 aliphatic carbocycles. The van der Waals surface area contributed by atoms with Gasteiger partial charge in [0, 0.05) is 16.9 Å². The average Bonchev–Trinajstić information content (AvgIpc) is 2.24. The molecule has 0 saturated heterocycles. The Morgan fingerprint density at radius 2 is 1.74 bits per heavy atom. The third-order valence-corrected chi connectivity index (χ3v) is 2.94. The molecule has 1 aromatic rings. The molecule has 0 aliphatic rings. The van der Waals surface area contributed by atoms with Crippen molar-refractivity contribution < 1.29 is 31.1 Å². The fourth-order valence-corrected chi connectivity index (χ4v) is 2.07. The van der Waals surface area contributed by atoms with E-state index >= 15 is 0 Å². The normalized spacial score (nSPS) is 12.6. The van der Waals surface area contributed by atoms with Gasteiger partial charge in [-0.15, -0.1) is 0 Å². The molecule has 19 heavy (non-hydrogen) atoms. The Balaban J connectivity index is 3.30. The highest BCUT2D eigenvalue weighted by atomic mass is 32.2. The molecular weight excluding hydrogens is 294 g/mol. The third-order valence-electron chi connectivity index (χ3n) is 2.16. The van der Waals surface area contributed by atoms with Crippen molar-refractivity contribution in [2.45, 2.75) is 29.9 Å². The Hall–Kier alpha value is -1.18. The lowest BCUT2D eigenvalue weighted by atomic mass is 10.1. The maximum atomic E-state index is 12.6. The van der Waals surface area contributed by atoms with Gasteiger partial charge in [-0.1, -0.05) is 13.0 Å². The van der Waals surface area contributed by atoms with Crippen LogP contribution in [0.25, 0.3) is 0 Å². The summed E-state index contributed by atoms with van der Waals surface area (Å²) in [7, 11) is 0. The van der Waals surface area contributed by atoms with Gasteiger partial charge in [0.05, 0.1) is 5.56 Å². The molecule has 1 rings (SSSR count). The number of carbonyl (C=O) groups is 1. The van der Waals surface area contributed by atoms with E-state index in [1.54, 1.807) is 0 Å². The fraction of sp³-hybridized carbons (Fsp3) is 0.364. The van der Waals surface area contributed by atoms with Crippen LogP contribution in [0.3, 0.4) is 0 Å². The predicted molar refractivity (Wildman–Crippen MR) is 58.0 cm³/mol. The average molecular weight is 302 g/mol. The van der Waals surface area contributed by atoms with Crippen LogP contribution in [0.15, 0.2) is 23.1 Å². The van der Waals surface area contributed by atoms with Gasteiger partial charge in [-0.2, -0.15) is 26.3 Å². The van der Waals surface area contributed by atoms with Gasteiger partial charge in [-0.3, -0.25) is 4.79 Å². The molecule has 0 aliphatic heterocycles. The van der Waals surface area contributed by atoms with Gasteiger partial charge in [0.1, 0.15) is 0 Å². The summed E-state index contributed by atoms with van der Waals surface area (Å²) in [5.41, 5.74) is -6.42. The van der Waals surface area contributed by atoms with Gasteiger partial charge in [0.2, 0.25) is 0 Å². The number of halogens is 6. The molecule has 0 spiro atoms. The summed E-state index contributed by atoms with van der Waals surface area (Å²) in [5.74, 6) is -0.516. The topological polar surface area (TPSA) is 17.1 Å². The number of Topliss-reactive ketones (excluding diaryl/α,β-unsaturated/α-hetero) is 1. The number of thioether (sulfide) groups is 1. The molecule has 0 N–H and O–H groups in total. The Morgan fingerprint density at radius 1 is 1.16 bits per heavy atom. The maximum Gasteiger partial charge on any atom is 0.446 e. The number of hydrogen-bond acceptors (Lipinski definition) is 2. The van der Waals surface area contributed by atoms with Crippen molar-refractivity contribution in [3.05, 3.63) is 29.3 Å². The van der Waals surface area contributed by atoms with Gasteiger partial charge in [-0.25, -0.2) is 0 Å². The summed E-state index contributed by atoms with van der Waals surface area (Å²) in [6.07, 6.45) is -4.90.